The fourth-order valence-electron chi connectivity index (χ4n) is 2.94. The lowest BCUT2D eigenvalue weighted by Gasteiger charge is -2.30. The maximum Gasteiger partial charge on any atom is 0.417 e. The average molecular weight is 339 g/mol. The molecule has 2 aromatic carbocycles. The van der Waals surface area contributed by atoms with Gasteiger partial charge in [0.05, 0.1) is 30.1 Å². The highest BCUT2D eigenvalue weighted by Crippen LogP contribution is 2.27. The number of rotatable bonds is 3. The number of H-pyrrole nitrogens is 1. The van der Waals surface area contributed by atoms with Crippen molar-refractivity contribution in [1.29, 1.82) is 0 Å². The minimum absolute atomic E-state index is 0.258. The summed E-state index contributed by atoms with van der Waals surface area (Å²) in [5.41, 5.74) is 3.06. The SMILES string of the molecule is O=C(Nc1ccccc1N1CCOCC1)c1ccc2[nH]c(=O)oc2c1. The van der Waals surface area contributed by atoms with E-state index in [-0.39, 0.29) is 5.91 Å². The second-order valence-electron chi connectivity index (χ2n) is 5.80. The van der Waals surface area contributed by atoms with Crippen LogP contribution in [0.4, 0.5) is 11.4 Å². The van der Waals surface area contributed by atoms with Gasteiger partial charge in [-0.3, -0.25) is 9.78 Å². The number of carbonyl (C=O) groups excluding carboxylic acids is 1. The Labute approximate surface area is 143 Å². The van der Waals surface area contributed by atoms with Crippen molar-refractivity contribution in [2.24, 2.45) is 0 Å². The van der Waals surface area contributed by atoms with E-state index < -0.39 is 5.76 Å². The number of carbonyl (C=O) groups is 1. The van der Waals surface area contributed by atoms with Crippen molar-refractivity contribution >= 4 is 28.4 Å². The van der Waals surface area contributed by atoms with Crippen LogP contribution in [0.15, 0.2) is 51.7 Å². The fraction of sp³-hybridized carbons (Fsp3) is 0.222. The van der Waals surface area contributed by atoms with Crippen molar-refractivity contribution in [3.63, 3.8) is 0 Å². The van der Waals surface area contributed by atoms with E-state index in [9.17, 15) is 9.59 Å². The van der Waals surface area contributed by atoms with Crippen molar-refractivity contribution in [1.82, 2.24) is 4.98 Å². The molecule has 25 heavy (non-hydrogen) atoms. The summed E-state index contributed by atoms with van der Waals surface area (Å²) in [6, 6.07) is 12.5. The van der Waals surface area contributed by atoms with Crippen LogP contribution in [-0.4, -0.2) is 37.2 Å². The first kappa shape index (κ1) is 15.5. The summed E-state index contributed by atoms with van der Waals surface area (Å²) in [5, 5.41) is 2.94. The topological polar surface area (TPSA) is 87.6 Å². The summed E-state index contributed by atoms with van der Waals surface area (Å²) in [5.74, 6) is -0.795. The Morgan fingerprint density at radius 2 is 1.92 bits per heavy atom. The first-order valence-corrected chi connectivity index (χ1v) is 8.07. The molecule has 2 N–H and O–H groups in total. The monoisotopic (exact) mass is 339 g/mol. The van der Waals surface area contributed by atoms with Crippen LogP contribution in [0.5, 0.6) is 0 Å². The predicted octanol–water partition coefficient (Wildman–Crippen LogP) is 2.21. The summed E-state index contributed by atoms with van der Waals surface area (Å²) >= 11 is 0. The van der Waals surface area contributed by atoms with Gasteiger partial charge in [0, 0.05) is 18.7 Å². The number of hydrogen-bond acceptors (Lipinski definition) is 5. The van der Waals surface area contributed by atoms with Gasteiger partial charge in [0.2, 0.25) is 0 Å². The normalized spacial score (nSPS) is 14.6. The number of ether oxygens (including phenoxy) is 1. The number of nitrogens with zero attached hydrogens (tertiary/aromatic N) is 1. The van der Waals surface area contributed by atoms with Crippen LogP contribution in [-0.2, 0) is 4.74 Å². The standard InChI is InChI=1S/C18H17N3O4/c22-17(12-5-6-14-16(11-12)25-18(23)20-14)19-13-3-1-2-4-15(13)21-7-9-24-10-8-21/h1-6,11H,7-10H2,(H,19,22)(H,20,23). The van der Waals surface area contributed by atoms with E-state index in [1.807, 2.05) is 24.3 Å². The largest absolute Gasteiger partial charge is 0.417 e. The van der Waals surface area contributed by atoms with Crippen LogP contribution in [0.3, 0.4) is 0 Å². The lowest BCUT2D eigenvalue weighted by Crippen LogP contribution is -2.36. The molecule has 1 aliphatic heterocycles. The Morgan fingerprint density at radius 1 is 1.12 bits per heavy atom. The summed E-state index contributed by atoms with van der Waals surface area (Å²) in [7, 11) is 0. The molecule has 0 bridgehead atoms. The number of para-hydroxylation sites is 2. The Balaban J connectivity index is 1.60. The number of oxazole rings is 1. The molecule has 0 atom stereocenters. The summed E-state index contributed by atoms with van der Waals surface area (Å²) in [4.78, 5) is 28.6. The predicted molar refractivity (Wildman–Crippen MR) is 94.3 cm³/mol. The second-order valence-corrected chi connectivity index (χ2v) is 5.80. The molecular formula is C18H17N3O4. The number of morpholine rings is 1. The molecule has 128 valence electrons. The molecule has 0 saturated carbocycles. The molecule has 7 nitrogen and oxygen atoms in total. The van der Waals surface area contributed by atoms with Crippen molar-refractivity contribution < 1.29 is 13.9 Å². The zero-order valence-electron chi connectivity index (χ0n) is 13.5. The average Bonchev–Trinajstić information content (AvgIpc) is 3.02. The van der Waals surface area contributed by atoms with E-state index in [0.29, 0.717) is 29.9 Å². The molecule has 1 aromatic heterocycles. The van der Waals surface area contributed by atoms with Gasteiger partial charge in [-0.05, 0) is 30.3 Å². The number of hydrogen-bond donors (Lipinski definition) is 2. The Hall–Kier alpha value is -3.06. The number of nitrogens with one attached hydrogen (secondary N) is 2. The molecule has 0 aliphatic carbocycles. The molecule has 4 rings (SSSR count). The zero-order valence-corrected chi connectivity index (χ0v) is 13.5. The van der Waals surface area contributed by atoms with Crippen molar-refractivity contribution in [2.45, 2.75) is 0 Å². The van der Waals surface area contributed by atoms with E-state index in [1.165, 1.54) is 0 Å². The molecule has 1 amide bonds. The van der Waals surface area contributed by atoms with Crippen LogP contribution in [0.1, 0.15) is 10.4 Å². The highest BCUT2D eigenvalue weighted by atomic mass is 16.5. The van der Waals surface area contributed by atoms with Crippen LogP contribution in [0.25, 0.3) is 11.1 Å². The fourth-order valence-corrected chi connectivity index (χ4v) is 2.94. The van der Waals surface area contributed by atoms with Gasteiger partial charge in [0.1, 0.15) is 0 Å². The molecule has 1 fully saturated rings. The third-order valence-electron chi connectivity index (χ3n) is 4.19. The quantitative estimate of drug-likeness (QED) is 0.764. The second kappa shape index (κ2) is 6.45. The first-order chi connectivity index (χ1) is 12.2. The maximum absolute atomic E-state index is 12.6. The van der Waals surface area contributed by atoms with Gasteiger partial charge in [-0.2, -0.15) is 0 Å². The zero-order chi connectivity index (χ0) is 17.2. The van der Waals surface area contributed by atoms with Gasteiger partial charge >= 0.3 is 5.76 Å². The van der Waals surface area contributed by atoms with Crippen molar-refractivity contribution in [3.05, 3.63) is 58.6 Å². The lowest BCUT2D eigenvalue weighted by atomic mass is 10.1. The number of aromatic amines is 1. The minimum atomic E-state index is -0.537. The van der Waals surface area contributed by atoms with E-state index in [1.54, 1.807) is 18.2 Å². The van der Waals surface area contributed by atoms with Crippen LogP contribution in [0, 0.1) is 0 Å². The van der Waals surface area contributed by atoms with Crippen LogP contribution < -0.4 is 16.0 Å². The number of anilines is 2. The van der Waals surface area contributed by atoms with Crippen molar-refractivity contribution in [3.8, 4) is 0 Å². The third kappa shape index (κ3) is 3.14. The van der Waals surface area contributed by atoms with E-state index in [0.717, 1.165) is 24.5 Å². The van der Waals surface area contributed by atoms with Crippen LogP contribution >= 0.6 is 0 Å². The van der Waals surface area contributed by atoms with Gasteiger partial charge in [0.15, 0.2) is 5.58 Å². The number of aromatic nitrogens is 1. The molecule has 3 aromatic rings. The summed E-state index contributed by atoms with van der Waals surface area (Å²) < 4.78 is 10.4. The highest BCUT2D eigenvalue weighted by Gasteiger charge is 2.16. The molecule has 2 heterocycles. The molecule has 1 saturated heterocycles. The smallest absolute Gasteiger partial charge is 0.408 e. The third-order valence-corrected chi connectivity index (χ3v) is 4.19. The van der Waals surface area contributed by atoms with Gasteiger partial charge in [-0.25, -0.2) is 4.79 Å². The van der Waals surface area contributed by atoms with Crippen molar-refractivity contribution in [2.75, 3.05) is 36.5 Å². The molecule has 1 aliphatic rings. The number of amides is 1. The van der Waals surface area contributed by atoms with Gasteiger partial charge in [-0.15, -0.1) is 0 Å². The highest BCUT2D eigenvalue weighted by molar-refractivity contribution is 6.07. The molecule has 0 spiro atoms. The molecule has 7 heteroatoms. The Morgan fingerprint density at radius 3 is 2.76 bits per heavy atom. The summed E-state index contributed by atoms with van der Waals surface area (Å²) in [6.45, 7) is 2.91. The Kier molecular flexibility index (Phi) is 3.99. The number of fused-ring (bicyclic) bond motifs is 1. The van der Waals surface area contributed by atoms with Gasteiger partial charge in [0.25, 0.3) is 5.91 Å². The lowest BCUT2D eigenvalue weighted by molar-refractivity contribution is 0.102. The molecule has 0 unspecified atom stereocenters. The minimum Gasteiger partial charge on any atom is -0.408 e. The maximum atomic E-state index is 12.6. The van der Waals surface area contributed by atoms with Crippen LogP contribution in [0.2, 0.25) is 0 Å². The van der Waals surface area contributed by atoms with Gasteiger partial charge in [-0.1, -0.05) is 12.1 Å². The Bertz CT molecular complexity index is 970. The van der Waals surface area contributed by atoms with Gasteiger partial charge < -0.3 is 19.4 Å². The summed E-state index contributed by atoms with van der Waals surface area (Å²) in [6.07, 6.45) is 0. The first-order valence-electron chi connectivity index (χ1n) is 8.07. The van der Waals surface area contributed by atoms with E-state index in [2.05, 4.69) is 15.2 Å². The van der Waals surface area contributed by atoms with E-state index in [4.69, 9.17) is 9.15 Å². The molecular weight excluding hydrogens is 322 g/mol. The molecule has 0 radical (unpaired) electrons. The number of benzene rings is 2. The van der Waals surface area contributed by atoms with E-state index >= 15 is 0 Å².